The second kappa shape index (κ2) is 5.90. The van der Waals surface area contributed by atoms with Gasteiger partial charge in [-0.1, -0.05) is 46.0 Å². The van der Waals surface area contributed by atoms with Crippen LogP contribution in [0.15, 0.2) is 11.3 Å². The molecule has 2 heteroatoms. The summed E-state index contributed by atoms with van der Waals surface area (Å²) >= 11 is 0. The molecule has 0 aromatic heterocycles. The number of unbranched alkanes of at least 4 members (excludes halogenated alkanes) is 1. The molecule has 2 aliphatic carbocycles. The minimum Gasteiger partial charge on any atom is -0.496 e. The molecule has 0 bridgehead atoms. The topological polar surface area (TPSA) is 26.3 Å². The lowest BCUT2D eigenvalue weighted by atomic mass is 9.59. The third kappa shape index (κ3) is 2.22. The molecule has 0 aliphatic heterocycles. The van der Waals surface area contributed by atoms with Gasteiger partial charge in [0.2, 0.25) is 0 Å². The van der Waals surface area contributed by atoms with Crippen molar-refractivity contribution in [3.63, 3.8) is 0 Å². The fourth-order valence-corrected chi connectivity index (χ4v) is 3.35. The van der Waals surface area contributed by atoms with Gasteiger partial charge in [0, 0.05) is 5.57 Å². The fraction of sp³-hybridized carbons (Fsp3) is 0.812. The zero-order valence-electron chi connectivity index (χ0n) is 11.9. The number of hydrogen-bond acceptors (Lipinski definition) is 2. The van der Waals surface area contributed by atoms with Crippen LogP contribution in [-0.2, 0) is 9.53 Å². The summed E-state index contributed by atoms with van der Waals surface area (Å²) in [7, 11) is 0. The molecule has 0 saturated heterocycles. The number of carbonyl (C=O) groups is 1. The van der Waals surface area contributed by atoms with Crippen LogP contribution in [-0.4, -0.2) is 12.4 Å². The van der Waals surface area contributed by atoms with Crippen LogP contribution in [0.25, 0.3) is 0 Å². The molecule has 0 aromatic carbocycles. The largest absolute Gasteiger partial charge is 0.496 e. The van der Waals surface area contributed by atoms with E-state index in [0.29, 0.717) is 5.78 Å². The summed E-state index contributed by atoms with van der Waals surface area (Å²) in [6, 6.07) is 0. The van der Waals surface area contributed by atoms with E-state index in [9.17, 15) is 4.79 Å². The summed E-state index contributed by atoms with van der Waals surface area (Å²) in [5.74, 6) is 1.50. The molecule has 2 rings (SSSR count). The Labute approximate surface area is 111 Å². The minimum atomic E-state index is -0.184. The van der Waals surface area contributed by atoms with Crippen LogP contribution in [0.4, 0.5) is 0 Å². The van der Waals surface area contributed by atoms with Crippen molar-refractivity contribution in [2.24, 2.45) is 5.41 Å². The number of rotatable bonds is 6. The lowest BCUT2D eigenvalue weighted by molar-refractivity contribution is -0.132. The van der Waals surface area contributed by atoms with Gasteiger partial charge in [0.05, 0.1) is 12.0 Å². The van der Waals surface area contributed by atoms with Gasteiger partial charge in [0.15, 0.2) is 5.78 Å². The van der Waals surface area contributed by atoms with Gasteiger partial charge in [-0.25, -0.2) is 0 Å². The first-order valence-electron chi connectivity index (χ1n) is 7.67. The third-order valence-electron chi connectivity index (χ3n) is 4.37. The van der Waals surface area contributed by atoms with Gasteiger partial charge < -0.3 is 4.74 Å². The highest BCUT2D eigenvalue weighted by Gasteiger charge is 2.54. The van der Waals surface area contributed by atoms with Gasteiger partial charge >= 0.3 is 0 Å². The quantitative estimate of drug-likeness (QED) is 0.653. The zero-order valence-corrected chi connectivity index (χ0v) is 11.9. The molecule has 0 radical (unpaired) electrons. The Bertz CT molecular complexity index is 335. The Morgan fingerprint density at radius 1 is 1.11 bits per heavy atom. The molecule has 102 valence electrons. The number of allylic oxidation sites excluding steroid dienone is 2. The Kier molecular flexibility index (Phi) is 4.47. The van der Waals surface area contributed by atoms with E-state index in [-0.39, 0.29) is 5.41 Å². The van der Waals surface area contributed by atoms with E-state index >= 15 is 0 Å². The van der Waals surface area contributed by atoms with Crippen molar-refractivity contribution < 1.29 is 9.53 Å². The molecule has 0 N–H and O–H groups in total. The van der Waals surface area contributed by atoms with Crippen LogP contribution >= 0.6 is 0 Å². The normalized spacial score (nSPS) is 22.2. The smallest absolute Gasteiger partial charge is 0.175 e. The second-order valence-electron chi connectivity index (χ2n) is 5.73. The summed E-state index contributed by atoms with van der Waals surface area (Å²) < 4.78 is 6.01. The van der Waals surface area contributed by atoms with Crippen molar-refractivity contribution in [1.82, 2.24) is 0 Å². The standard InChI is InChI=1S/C16H26O2/c1-3-5-12-18-15-13(9-4-2)14(17)16(15)10-7-6-8-11-16/h3-12H2,1-2H3. The maximum Gasteiger partial charge on any atom is 0.175 e. The van der Waals surface area contributed by atoms with Gasteiger partial charge in [-0.3, -0.25) is 4.79 Å². The predicted octanol–water partition coefficient (Wildman–Crippen LogP) is 4.39. The van der Waals surface area contributed by atoms with Crippen molar-refractivity contribution >= 4 is 5.78 Å². The zero-order chi connectivity index (χ0) is 13.0. The Morgan fingerprint density at radius 2 is 1.83 bits per heavy atom. The monoisotopic (exact) mass is 250 g/mol. The molecule has 2 nitrogen and oxygen atoms in total. The summed E-state index contributed by atoms with van der Waals surface area (Å²) in [6.07, 6.45) is 9.89. The summed E-state index contributed by atoms with van der Waals surface area (Å²) in [6.45, 7) is 5.09. The number of ketones is 1. The average Bonchev–Trinajstić information content (AvgIpc) is 2.42. The van der Waals surface area contributed by atoms with Gasteiger partial charge in [0.25, 0.3) is 0 Å². The molecular weight excluding hydrogens is 224 g/mol. The first-order valence-corrected chi connectivity index (χ1v) is 7.67. The van der Waals surface area contributed by atoms with E-state index in [2.05, 4.69) is 13.8 Å². The van der Waals surface area contributed by atoms with E-state index in [1.807, 2.05) is 0 Å². The van der Waals surface area contributed by atoms with Gasteiger partial charge in [-0.2, -0.15) is 0 Å². The van der Waals surface area contributed by atoms with Crippen molar-refractivity contribution in [3.05, 3.63) is 11.3 Å². The van der Waals surface area contributed by atoms with Gasteiger partial charge in [-0.05, 0) is 25.7 Å². The molecule has 0 unspecified atom stereocenters. The first-order chi connectivity index (χ1) is 8.76. The lowest BCUT2D eigenvalue weighted by Gasteiger charge is -2.45. The van der Waals surface area contributed by atoms with Gasteiger partial charge in [0.1, 0.15) is 5.76 Å². The molecule has 1 saturated carbocycles. The Balaban J connectivity index is 2.12. The van der Waals surface area contributed by atoms with E-state index in [0.717, 1.165) is 56.5 Å². The molecule has 0 heterocycles. The lowest BCUT2D eigenvalue weighted by Crippen LogP contribution is -2.46. The maximum atomic E-state index is 12.4. The first kappa shape index (κ1) is 13.6. The van der Waals surface area contributed by atoms with E-state index < -0.39 is 0 Å². The molecule has 2 aliphatic rings. The molecule has 18 heavy (non-hydrogen) atoms. The number of carbonyl (C=O) groups excluding carboxylic acids is 1. The predicted molar refractivity (Wildman–Crippen MR) is 73.3 cm³/mol. The van der Waals surface area contributed by atoms with Crippen LogP contribution < -0.4 is 0 Å². The van der Waals surface area contributed by atoms with Crippen LogP contribution in [0.3, 0.4) is 0 Å². The molecule has 0 amide bonds. The molecule has 0 atom stereocenters. The Hall–Kier alpha value is -0.790. The average molecular weight is 250 g/mol. The van der Waals surface area contributed by atoms with E-state index in [1.54, 1.807) is 0 Å². The third-order valence-corrected chi connectivity index (χ3v) is 4.37. The SMILES string of the molecule is CCCCOC1=C(CCC)C(=O)C12CCCCC2. The van der Waals surface area contributed by atoms with Gasteiger partial charge in [-0.15, -0.1) is 0 Å². The van der Waals surface area contributed by atoms with Crippen LogP contribution in [0.2, 0.25) is 0 Å². The molecular formula is C16H26O2. The van der Waals surface area contributed by atoms with Crippen LogP contribution in [0.5, 0.6) is 0 Å². The minimum absolute atomic E-state index is 0.184. The fourth-order valence-electron chi connectivity index (χ4n) is 3.35. The number of Topliss-reactive ketones (excluding diaryl/α,β-unsaturated/α-hetero) is 1. The highest BCUT2D eigenvalue weighted by molar-refractivity contribution is 6.09. The van der Waals surface area contributed by atoms with Crippen molar-refractivity contribution in [2.45, 2.75) is 71.6 Å². The molecule has 1 spiro atoms. The maximum absolute atomic E-state index is 12.4. The molecule has 0 aromatic rings. The van der Waals surface area contributed by atoms with E-state index in [1.165, 1.54) is 19.3 Å². The van der Waals surface area contributed by atoms with Crippen molar-refractivity contribution in [3.8, 4) is 0 Å². The number of hydrogen-bond donors (Lipinski definition) is 0. The second-order valence-corrected chi connectivity index (χ2v) is 5.73. The summed E-state index contributed by atoms with van der Waals surface area (Å²) in [5, 5.41) is 0. The number of ether oxygens (including phenoxy) is 1. The summed E-state index contributed by atoms with van der Waals surface area (Å²) in [5.41, 5.74) is 0.826. The van der Waals surface area contributed by atoms with Crippen molar-refractivity contribution in [1.29, 1.82) is 0 Å². The Morgan fingerprint density at radius 3 is 2.44 bits per heavy atom. The highest BCUT2D eigenvalue weighted by atomic mass is 16.5. The van der Waals surface area contributed by atoms with Crippen LogP contribution in [0.1, 0.15) is 71.6 Å². The van der Waals surface area contributed by atoms with Crippen molar-refractivity contribution in [2.75, 3.05) is 6.61 Å². The molecule has 1 fully saturated rings. The summed E-state index contributed by atoms with van der Waals surface area (Å²) in [4.78, 5) is 12.4. The van der Waals surface area contributed by atoms with Crippen LogP contribution in [0, 0.1) is 5.41 Å². The highest BCUT2D eigenvalue weighted by Crippen LogP contribution is 2.54. The van der Waals surface area contributed by atoms with E-state index in [4.69, 9.17) is 4.74 Å².